The zero-order valence-corrected chi connectivity index (χ0v) is 7.48. The van der Waals surface area contributed by atoms with Gasteiger partial charge in [0.05, 0.1) is 5.54 Å². The summed E-state index contributed by atoms with van der Waals surface area (Å²) in [5.41, 5.74) is -0.288. The maximum atomic E-state index is 11.5. The van der Waals surface area contributed by atoms with Gasteiger partial charge in [-0.2, -0.15) is 0 Å². The summed E-state index contributed by atoms with van der Waals surface area (Å²) < 4.78 is 0. The van der Waals surface area contributed by atoms with E-state index in [4.69, 9.17) is 0 Å². The van der Waals surface area contributed by atoms with E-state index in [-0.39, 0.29) is 11.4 Å². The molecule has 0 saturated carbocycles. The highest BCUT2D eigenvalue weighted by molar-refractivity contribution is 5.85. The van der Waals surface area contributed by atoms with E-state index in [1.807, 2.05) is 6.92 Å². The summed E-state index contributed by atoms with van der Waals surface area (Å²) >= 11 is 0. The van der Waals surface area contributed by atoms with Gasteiger partial charge >= 0.3 is 0 Å². The Kier molecular flexibility index (Phi) is 2.18. The van der Waals surface area contributed by atoms with E-state index in [9.17, 15) is 4.79 Å². The number of amides is 1. The molecule has 0 bridgehead atoms. The Morgan fingerprint density at radius 2 is 2.18 bits per heavy atom. The zero-order valence-electron chi connectivity index (χ0n) is 7.48. The second-order valence-corrected chi connectivity index (χ2v) is 3.56. The monoisotopic (exact) mass is 156 g/mol. The van der Waals surface area contributed by atoms with Gasteiger partial charge in [-0.3, -0.25) is 4.79 Å². The minimum absolute atomic E-state index is 0.190. The molecule has 0 aromatic heterocycles. The molecule has 3 heteroatoms. The van der Waals surface area contributed by atoms with Crippen LogP contribution in [0.25, 0.3) is 0 Å². The molecular weight excluding hydrogens is 140 g/mol. The summed E-state index contributed by atoms with van der Waals surface area (Å²) in [4.78, 5) is 13.2. The fraction of sp³-hybridized carbons (Fsp3) is 0.875. The molecule has 0 unspecified atom stereocenters. The Bertz CT molecular complexity index is 159. The van der Waals surface area contributed by atoms with Crippen LogP contribution in [0.15, 0.2) is 0 Å². The number of nitrogens with zero attached hydrogens (tertiary/aromatic N) is 1. The lowest BCUT2D eigenvalue weighted by Gasteiger charge is -2.26. The van der Waals surface area contributed by atoms with Crippen LogP contribution in [0.5, 0.6) is 0 Å². The van der Waals surface area contributed by atoms with Gasteiger partial charge < -0.3 is 10.2 Å². The number of likely N-dealkylation sites (N-methyl/N-ethyl adjacent to an activating group) is 1. The number of rotatable bonds is 1. The lowest BCUT2D eigenvalue weighted by molar-refractivity contribution is -0.134. The predicted octanol–water partition coefficient (Wildman–Crippen LogP) is 0.217. The third kappa shape index (κ3) is 1.53. The van der Waals surface area contributed by atoms with Crippen LogP contribution in [-0.4, -0.2) is 37.0 Å². The molecule has 1 amide bonds. The normalized spacial score (nSPS) is 30.5. The molecule has 1 saturated heterocycles. The van der Waals surface area contributed by atoms with Crippen LogP contribution in [0.2, 0.25) is 0 Å². The first-order chi connectivity index (χ1) is 5.06. The van der Waals surface area contributed by atoms with E-state index in [0.29, 0.717) is 0 Å². The van der Waals surface area contributed by atoms with Crippen LogP contribution in [0, 0.1) is 0 Å². The fourth-order valence-corrected chi connectivity index (χ4v) is 1.57. The first kappa shape index (κ1) is 8.53. The SMILES string of the molecule is CN(C)C(=O)[C@@]1(C)CCCN1. The predicted molar refractivity (Wildman–Crippen MR) is 44.3 cm³/mol. The van der Waals surface area contributed by atoms with Gasteiger partial charge in [0.2, 0.25) is 5.91 Å². The van der Waals surface area contributed by atoms with E-state index in [1.165, 1.54) is 0 Å². The summed E-state index contributed by atoms with van der Waals surface area (Å²) in [6.45, 7) is 2.94. The lowest BCUT2D eigenvalue weighted by Crippen LogP contribution is -2.50. The van der Waals surface area contributed by atoms with Crippen molar-refractivity contribution < 1.29 is 4.79 Å². The second-order valence-electron chi connectivity index (χ2n) is 3.56. The summed E-state index contributed by atoms with van der Waals surface area (Å²) in [6, 6.07) is 0. The lowest BCUT2D eigenvalue weighted by atomic mass is 9.99. The van der Waals surface area contributed by atoms with E-state index in [2.05, 4.69) is 5.32 Å². The van der Waals surface area contributed by atoms with Gasteiger partial charge in [-0.05, 0) is 26.3 Å². The van der Waals surface area contributed by atoms with Gasteiger partial charge in [0, 0.05) is 14.1 Å². The molecule has 1 atom stereocenters. The van der Waals surface area contributed by atoms with Gasteiger partial charge in [-0.1, -0.05) is 0 Å². The van der Waals surface area contributed by atoms with Crippen molar-refractivity contribution in [3.05, 3.63) is 0 Å². The van der Waals surface area contributed by atoms with Gasteiger partial charge in [-0.15, -0.1) is 0 Å². The van der Waals surface area contributed by atoms with Crippen LogP contribution in [0.3, 0.4) is 0 Å². The van der Waals surface area contributed by atoms with Crippen LogP contribution in [-0.2, 0) is 4.79 Å². The number of nitrogens with one attached hydrogen (secondary N) is 1. The average Bonchev–Trinajstić information content (AvgIpc) is 2.35. The Hall–Kier alpha value is -0.570. The maximum Gasteiger partial charge on any atom is 0.242 e. The molecule has 1 fully saturated rings. The van der Waals surface area contributed by atoms with Crippen LogP contribution in [0.1, 0.15) is 19.8 Å². The number of hydrogen-bond acceptors (Lipinski definition) is 2. The topological polar surface area (TPSA) is 32.3 Å². The summed E-state index contributed by atoms with van der Waals surface area (Å²) in [5, 5.41) is 3.22. The standard InChI is InChI=1S/C8H16N2O/c1-8(5-4-6-9-8)7(11)10(2)3/h9H,4-6H2,1-3H3/t8-/m1/s1. The van der Waals surface area contributed by atoms with Crippen molar-refractivity contribution in [1.29, 1.82) is 0 Å². The molecule has 3 nitrogen and oxygen atoms in total. The molecule has 1 aliphatic rings. The van der Waals surface area contributed by atoms with Crippen LogP contribution >= 0.6 is 0 Å². The number of carbonyl (C=O) groups excluding carboxylic acids is 1. The van der Waals surface area contributed by atoms with Crippen LogP contribution < -0.4 is 5.32 Å². The van der Waals surface area contributed by atoms with Gasteiger partial charge in [-0.25, -0.2) is 0 Å². The highest BCUT2D eigenvalue weighted by Crippen LogP contribution is 2.19. The zero-order chi connectivity index (χ0) is 8.48. The summed E-state index contributed by atoms with van der Waals surface area (Å²) in [6.07, 6.45) is 2.07. The quantitative estimate of drug-likeness (QED) is 0.589. The van der Waals surface area contributed by atoms with Crippen molar-refractivity contribution in [3.63, 3.8) is 0 Å². The molecule has 1 N–H and O–H groups in total. The molecule has 11 heavy (non-hydrogen) atoms. The van der Waals surface area contributed by atoms with E-state index >= 15 is 0 Å². The first-order valence-corrected chi connectivity index (χ1v) is 4.03. The molecule has 0 radical (unpaired) electrons. The Morgan fingerprint density at radius 3 is 2.55 bits per heavy atom. The Labute approximate surface area is 67.8 Å². The molecule has 1 heterocycles. The summed E-state index contributed by atoms with van der Waals surface area (Å²) in [7, 11) is 3.60. The Morgan fingerprint density at radius 1 is 1.55 bits per heavy atom. The van der Waals surface area contributed by atoms with Crippen molar-refractivity contribution >= 4 is 5.91 Å². The molecule has 1 rings (SSSR count). The van der Waals surface area contributed by atoms with Gasteiger partial charge in [0.1, 0.15) is 0 Å². The highest BCUT2D eigenvalue weighted by atomic mass is 16.2. The highest BCUT2D eigenvalue weighted by Gasteiger charge is 2.36. The fourth-order valence-electron chi connectivity index (χ4n) is 1.57. The molecular formula is C8H16N2O. The molecule has 0 aromatic rings. The van der Waals surface area contributed by atoms with Gasteiger partial charge in [0.25, 0.3) is 0 Å². The maximum absolute atomic E-state index is 11.5. The average molecular weight is 156 g/mol. The summed E-state index contributed by atoms with van der Waals surface area (Å²) in [5.74, 6) is 0.190. The second kappa shape index (κ2) is 2.81. The third-order valence-electron chi connectivity index (χ3n) is 2.25. The van der Waals surface area contributed by atoms with Crippen molar-refractivity contribution in [1.82, 2.24) is 10.2 Å². The largest absolute Gasteiger partial charge is 0.347 e. The van der Waals surface area contributed by atoms with Crippen LogP contribution in [0.4, 0.5) is 0 Å². The van der Waals surface area contributed by atoms with Gasteiger partial charge in [0.15, 0.2) is 0 Å². The van der Waals surface area contributed by atoms with E-state index in [1.54, 1.807) is 19.0 Å². The molecule has 0 aliphatic carbocycles. The van der Waals surface area contributed by atoms with E-state index < -0.39 is 0 Å². The third-order valence-corrected chi connectivity index (χ3v) is 2.25. The van der Waals surface area contributed by atoms with Crippen molar-refractivity contribution in [2.45, 2.75) is 25.3 Å². The molecule has 64 valence electrons. The number of carbonyl (C=O) groups is 1. The minimum atomic E-state index is -0.288. The van der Waals surface area contributed by atoms with Crippen molar-refractivity contribution in [2.75, 3.05) is 20.6 Å². The number of hydrogen-bond donors (Lipinski definition) is 1. The van der Waals surface area contributed by atoms with Crippen molar-refractivity contribution in [2.24, 2.45) is 0 Å². The Balaban J connectivity index is 2.64. The minimum Gasteiger partial charge on any atom is -0.347 e. The first-order valence-electron chi connectivity index (χ1n) is 4.03. The molecule has 0 spiro atoms. The molecule has 1 aliphatic heterocycles. The van der Waals surface area contributed by atoms with E-state index in [0.717, 1.165) is 19.4 Å². The van der Waals surface area contributed by atoms with Crippen molar-refractivity contribution in [3.8, 4) is 0 Å². The smallest absolute Gasteiger partial charge is 0.242 e. The molecule has 0 aromatic carbocycles.